The molecule has 0 aliphatic carbocycles. The lowest BCUT2D eigenvalue weighted by Crippen LogP contribution is -2.30. The zero-order chi connectivity index (χ0) is 67.5. The lowest BCUT2D eigenvalue weighted by molar-refractivity contribution is -0.161. The molecule has 19 heteroatoms. The summed E-state index contributed by atoms with van der Waals surface area (Å²) >= 11 is 0. The second kappa shape index (κ2) is 67.6. The largest absolute Gasteiger partial charge is 0.472 e. The molecule has 17 nitrogen and oxygen atoms in total. The summed E-state index contributed by atoms with van der Waals surface area (Å²) in [6.45, 7) is 4.98. The molecule has 0 aliphatic rings. The highest BCUT2D eigenvalue weighted by Gasteiger charge is 2.30. The van der Waals surface area contributed by atoms with Gasteiger partial charge in [-0.15, -0.1) is 0 Å². The third-order valence-corrected chi connectivity index (χ3v) is 19.0. The van der Waals surface area contributed by atoms with E-state index in [0.29, 0.717) is 25.7 Å². The van der Waals surface area contributed by atoms with E-state index in [1.807, 2.05) is 0 Å². The lowest BCUT2D eigenvalue weighted by atomic mass is 10.0. The van der Waals surface area contributed by atoms with Crippen LogP contribution in [0, 0.1) is 0 Å². The van der Waals surface area contributed by atoms with E-state index in [4.69, 9.17) is 37.0 Å². The molecule has 4 unspecified atom stereocenters. The molecule has 0 aromatic carbocycles. The van der Waals surface area contributed by atoms with Gasteiger partial charge in [0.15, 0.2) is 12.2 Å². The number of phosphoric acid groups is 2. The average Bonchev–Trinajstić information content (AvgIpc) is 3.63. The molecule has 0 fully saturated rings. The topological polar surface area (TPSA) is 237 Å². The second-order valence-electron chi connectivity index (χ2n) is 26.3. The maximum Gasteiger partial charge on any atom is 0.472 e. The first-order chi connectivity index (χ1) is 44.7. The van der Waals surface area contributed by atoms with Crippen LogP contribution in [0.1, 0.15) is 387 Å². The van der Waals surface area contributed by atoms with E-state index in [1.54, 1.807) is 0 Å². The fourth-order valence-corrected chi connectivity index (χ4v) is 12.8. The Morgan fingerprint density at radius 3 is 0.641 bits per heavy atom. The van der Waals surface area contributed by atoms with Crippen LogP contribution >= 0.6 is 15.6 Å². The third-order valence-electron chi connectivity index (χ3n) is 17.1. The van der Waals surface area contributed by atoms with Crippen LogP contribution in [0.15, 0.2) is 0 Å². The number of carbonyl (C=O) groups excluding carboxylic acids is 4. The minimum Gasteiger partial charge on any atom is -0.462 e. The monoisotopic (exact) mass is 1350 g/mol. The Bertz CT molecular complexity index is 1630. The van der Waals surface area contributed by atoms with E-state index in [2.05, 4.69) is 27.7 Å². The van der Waals surface area contributed by atoms with Gasteiger partial charge in [-0.1, -0.05) is 336 Å². The van der Waals surface area contributed by atoms with Crippen molar-refractivity contribution in [2.24, 2.45) is 0 Å². The Hall–Kier alpha value is -1.94. The van der Waals surface area contributed by atoms with Gasteiger partial charge < -0.3 is 33.8 Å². The van der Waals surface area contributed by atoms with Gasteiger partial charge in [0.1, 0.15) is 19.3 Å². The van der Waals surface area contributed by atoms with E-state index in [1.165, 1.54) is 218 Å². The Morgan fingerprint density at radius 2 is 0.435 bits per heavy atom. The molecular weight excluding hydrogens is 1210 g/mol. The Balaban J connectivity index is 5.25. The molecule has 92 heavy (non-hydrogen) atoms. The first-order valence-electron chi connectivity index (χ1n) is 38.3. The van der Waals surface area contributed by atoms with E-state index in [0.717, 1.165) is 89.9 Å². The molecule has 0 radical (unpaired) electrons. The van der Waals surface area contributed by atoms with Gasteiger partial charge in [0, 0.05) is 25.7 Å². The fourth-order valence-electron chi connectivity index (χ4n) is 11.2. The second-order valence-corrected chi connectivity index (χ2v) is 29.2. The zero-order valence-corrected chi connectivity index (χ0v) is 61.3. The van der Waals surface area contributed by atoms with Crippen LogP contribution in [0.3, 0.4) is 0 Å². The maximum atomic E-state index is 13.0. The summed E-state index contributed by atoms with van der Waals surface area (Å²) in [7, 11) is -9.90. The van der Waals surface area contributed by atoms with Crippen LogP contribution in [-0.4, -0.2) is 96.7 Å². The number of ether oxygens (including phenoxy) is 4. The maximum absolute atomic E-state index is 13.0. The van der Waals surface area contributed by atoms with Crippen LogP contribution < -0.4 is 0 Å². The summed E-state index contributed by atoms with van der Waals surface area (Å²) in [4.78, 5) is 72.7. The van der Waals surface area contributed by atoms with Gasteiger partial charge in [0.2, 0.25) is 0 Å². The average molecular weight is 1350 g/mol. The predicted octanol–water partition coefficient (Wildman–Crippen LogP) is 21.4. The van der Waals surface area contributed by atoms with Crippen molar-refractivity contribution in [3.63, 3.8) is 0 Å². The summed E-state index contributed by atoms with van der Waals surface area (Å²) in [6.07, 6.45) is 56.6. The number of aliphatic hydroxyl groups is 1. The van der Waals surface area contributed by atoms with Crippen molar-refractivity contribution < 1.29 is 80.2 Å². The fraction of sp³-hybridized carbons (Fsp3) is 0.945. The lowest BCUT2D eigenvalue weighted by Gasteiger charge is -2.21. The van der Waals surface area contributed by atoms with Gasteiger partial charge in [-0.05, 0) is 25.7 Å². The Morgan fingerprint density at radius 1 is 0.261 bits per heavy atom. The standard InChI is InChI=1S/C73H142O17P2/c1-5-9-13-17-21-25-29-33-37-41-45-49-53-57-70(75)83-63-68(89-72(77)59-55-51-47-43-39-35-31-27-23-19-15-11-7-3)65-87-91(79,80)85-61-67(74)62-86-92(81,82)88-66-69(90-73(78)60-56-52-48-44-40-36-32-28-24-20-16-12-8-4)64-84-71(76)58-54-50-46-42-38-34-30-26-22-18-14-10-6-2/h67-69,74H,5-66H2,1-4H3,(H,79,80)(H,81,82). The molecule has 0 heterocycles. The summed E-state index contributed by atoms with van der Waals surface area (Å²) in [6, 6.07) is 0. The Kier molecular flexibility index (Phi) is 66.2. The minimum absolute atomic E-state index is 0.109. The van der Waals surface area contributed by atoms with E-state index in [-0.39, 0.29) is 25.7 Å². The molecule has 546 valence electrons. The van der Waals surface area contributed by atoms with Crippen molar-refractivity contribution in [2.45, 2.75) is 406 Å². The first kappa shape index (κ1) is 90.1. The molecule has 0 aromatic rings. The van der Waals surface area contributed by atoms with Crippen LogP contribution in [0.4, 0.5) is 0 Å². The van der Waals surface area contributed by atoms with Crippen LogP contribution in [-0.2, 0) is 65.4 Å². The van der Waals surface area contributed by atoms with E-state index >= 15 is 0 Å². The molecule has 0 aliphatic heterocycles. The number of unbranched alkanes of at least 4 members (excludes halogenated alkanes) is 48. The van der Waals surface area contributed by atoms with Gasteiger partial charge in [-0.25, -0.2) is 9.13 Å². The summed E-state index contributed by atoms with van der Waals surface area (Å²) in [5.41, 5.74) is 0. The molecular formula is C73H142O17P2. The number of hydrogen-bond donors (Lipinski definition) is 3. The van der Waals surface area contributed by atoms with Crippen molar-refractivity contribution in [3.8, 4) is 0 Å². The summed E-state index contributed by atoms with van der Waals surface area (Å²) in [5, 5.41) is 10.6. The first-order valence-corrected chi connectivity index (χ1v) is 41.3. The molecule has 0 saturated carbocycles. The highest BCUT2D eigenvalue weighted by atomic mass is 31.2. The van der Waals surface area contributed by atoms with Crippen LogP contribution in [0.5, 0.6) is 0 Å². The van der Waals surface area contributed by atoms with Crippen LogP contribution in [0.25, 0.3) is 0 Å². The van der Waals surface area contributed by atoms with Gasteiger partial charge in [0.25, 0.3) is 0 Å². The smallest absolute Gasteiger partial charge is 0.462 e. The van der Waals surface area contributed by atoms with Crippen molar-refractivity contribution in [2.75, 3.05) is 39.6 Å². The minimum atomic E-state index is -4.95. The quantitative estimate of drug-likeness (QED) is 0.0222. The SMILES string of the molecule is CCCCCCCCCCCCCCCC(=O)OCC(COP(=O)(O)OCC(O)COP(=O)(O)OCC(COC(=O)CCCCCCCCCCCCCCC)OC(=O)CCCCCCCCCCCCCCC)OC(=O)CCCCCCCCCCCCCCC. The van der Waals surface area contributed by atoms with Crippen molar-refractivity contribution in [1.29, 1.82) is 0 Å². The number of aliphatic hydroxyl groups excluding tert-OH is 1. The van der Waals surface area contributed by atoms with Gasteiger partial charge >= 0.3 is 39.5 Å². The third kappa shape index (κ3) is 66.7. The summed E-state index contributed by atoms with van der Waals surface area (Å²) < 4.78 is 68.4. The van der Waals surface area contributed by atoms with Gasteiger partial charge in [-0.2, -0.15) is 0 Å². The molecule has 3 N–H and O–H groups in total. The van der Waals surface area contributed by atoms with E-state index in [9.17, 15) is 43.2 Å². The predicted molar refractivity (Wildman–Crippen MR) is 372 cm³/mol. The van der Waals surface area contributed by atoms with Gasteiger partial charge in [0.05, 0.1) is 26.4 Å². The molecule has 0 spiro atoms. The molecule has 0 aromatic heterocycles. The molecule has 0 rings (SSSR count). The Labute approximate surface area is 562 Å². The van der Waals surface area contributed by atoms with Gasteiger partial charge in [-0.3, -0.25) is 37.3 Å². The van der Waals surface area contributed by atoms with Crippen molar-refractivity contribution >= 4 is 39.5 Å². The normalized spacial score (nSPS) is 13.9. The number of hydrogen-bond acceptors (Lipinski definition) is 15. The number of carbonyl (C=O) groups is 4. The van der Waals surface area contributed by atoms with E-state index < -0.39 is 97.5 Å². The highest BCUT2D eigenvalue weighted by molar-refractivity contribution is 7.47. The van der Waals surface area contributed by atoms with Crippen molar-refractivity contribution in [1.82, 2.24) is 0 Å². The number of rotatable bonds is 74. The van der Waals surface area contributed by atoms with Crippen molar-refractivity contribution in [3.05, 3.63) is 0 Å². The molecule has 0 amide bonds. The zero-order valence-electron chi connectivity index (χ0n) is 59.5. The molecule has 0 bridgehead atoms. The number of esters is 4. The summed E-state index contributed by atoms with van der Waals surface area (Å²) in [5.74, 6) is -2.11. The molecule has 0 saturated heterocycles. The number of phosphoric ester groups is 2. The van der Waals surface area contributed by atoms with Crippen LogP contribution in [0.2, 0.25) is 0 Å². The highest BCUT2D eigenvalue weighted by Crippen LogP contribution is 2.45. The molecule has 4 atom stereocenters.